The van der Waals surface area contributed by atoms with E-state index < -0.39 is 0 Å². The quantitative estimate of drug-likeness (QED) is 0.900. The Morgan fingerprint density at radius 2 is 1.68 bits per heavy atom. The second kappa shape index (κ2) is 6.20. The van der Waals surface area contributed by atoms with Crippen LogP contribution >= 0.6 is 0 Å². The van der Waals surface area contributed by atoms with Crippen LogP contribution in [0.15, 0.2) is 42.5 Å². The SMILES string of the molecule is COc1ccc(OCc2cc(F)ccc2CN)cc1. The molecule has 0 atom stereocenters. The summed E-state index contributed by atoms with van der Waals surface area (Å²) in [5, 5.41) is 0. The molecule has 19 heavy (non-hydrogen) atoms. The van der Waals surface area contributed by atoms with Crippen molar-refractivity contribution < 1.29 is 13.9 Å². The Morgan fingerprint density at radius 3 is 2.32 bits per heavy atom. The maximum atomic E-state index is 13.2. The van der Waals surface area contributed by atoms with E-state index in [1.165, 1.54) is 12.1 Å². The van der Waals surface area contributed by atoms with Crippen LogP contribution in [-0.4, -0.2) is 7.11 Å². The lowest BCUT2D eigenvalue weighted by Crippen LogP contribution is -2.05. The second-order valence-corrected chi connectivity index (χ2v) is 4.08. The molecule has 0 spiro atoms. The van der Waals surface area contributed by atoms with Crippen LogP contribution in [0.25, 0.3) is 0 Å². The van der Waals surface area contributed by atoms with E-state index in [0.29, 0.717) is 12.3 Å². The molecule has 0 aliphatic carbocycles. The standard InChI is InChI=1S/C15H16FNO2/c1-18-14-4-6-15(7-5-14)19-10-12-8-13(16)3-2-11(12)9-17/h2-8H,9-10,17H2,1H3. The fourth-order valence-electron chi connectivity index (χ4n) is 1.76. The summed E-state index contributed by atoms with van der Waals surface area (Å²) in [6, 6.07) is 11.8. The molecule has 0 heterocycles. The van der Waals surface area contributed by atoms with E-state index in [1.54, 1.807) is 25.3 Å². The van der Waals surface area contributed by atoms with Gasteiger partial charge in [-0.05, 0) is 47.5 Å². The van der Waals surface area contributed by atoms with E-state index in [4.69, 9.17) is 15.2 Å². The van der Waals surface area contributed by atoms with Gasteiger partial charge in [0, 0.05) is 6.54 Å². The lowest BCUT2D eigenvalue weighted by molar-refractivity contribution is 0.303. The van der Waals surface area contributed by atoms with Crippen LogP contribution in [0.1, 0.15) is 11.1 Å². The zero-order valence-corrected chi connectivity index (χ0v) is 10.7. The van der Waals surface area contributed by atoms with Crippen LogP contribution in [0.4, 0.5) is 4.39 Å². The number of methoxy groups -OCH3 is 1. The van der Waals surface area contributed by atoms with Crippen LogP contribution in [0.2, 0.25) is 0 Å². The largest absolute Gasteiger partial charge is 0.497 e. The van der Waals surface area contributed by atoms with Crippen LogP contribution in [0.5, 0.6) is 11.5 Å². The molecular formula is C15H16FNO2. The fourth-order valence-corrected chi connectivity index (χ4v) is 1.76. The van der Waals surface area contributed by atoms with Crippen molar-refractivity contribution >= 4 is 0 Å². The molecule has 0 aliphatic rings. The molecule has 100 valence electrons. The van der Waals surface area contributed by atoms with Crippen LogP contribution < -0.4 is 15.2 Å². The van der Waals surface area contributed by atoms with E-state index in [1.807, 2.05) is 12.1 Å². The number of hydrogen-bond donors (Lipinski definition) is 1. The third kappa shape index (κ3) is 3.45. The number of nitrogens with two attached hydrogens (primary N) is 1. The van der Waals surface area contributed by atoms with E-state index in [-0.39, 0.29) is 12.4 Å². The summed E-state index contributed by atoms with van der Waals surface area (Å²) < 4.78 is 23.9. The van der Waals surface area contributed by atoms with Gasteiger partial charge in [0.2, 0.25) is 0 Å². The van der Waals surface area contributed by atoms with Crippen molar-refractivity contribution in [3.8, 4) is 11.5 Å². The predicted octanol–water partition coefficient (Wildman–Crippen LogP) is 2.87. The summed E-state index contributed by atoms with van der Waals surface area (Å²) in [6.45, 7) is 0.651. The van der Waals surface area contributed by atoms with Gasteiger partial charge in [0.15, 0.2) is 0 Å². The summed E-state index contributed by atoms with van der Waals surface area (Å²) >= 11 is 0. The molecule has 0 aromatic heterocycles. The van der Waals surface area contributed by atoms with Crippen molar-refractivity contribution in [1.82, 2.24) is 0 Å². The van der Waals surface area contributed by atoms with Gasteiger partial charge < -0.3 is 15.2 Å². The Morgan fingerprint density at radius 1 is 1.00 bits per heavy atom. The van der Waals surface area contributed by atoms with Crippen LogP contribution in [-0.2, 0) is 13.2 Å². The third-order valence-corrected chi connectivity index (χ3v) is 2.84. The number of rotatable bonds is 5. The molecule has 0 aliphatic heterocycles. The van der Waals surface area contributed by atoms with Crippen LogP contribution in [0.3, 0.4) is 0 Å². The highest BCUT2D eigenvalue weighted by atomic mass is 19.1. The van der Waals surface area contributed by atoms with Crippen molar-refractivity contribution in [3.63, 3.8) is 0 Å². The maximum Gasteiger partial charge on any atom is 0.123 e. The highest BCUT2D eigenvalue weighted by Crippen LogP contribution is 2.19. The Kier molecular flexibility index (Phi) is 4.36. The van der Waals surface area contributed by atoms with Gasteiger partial charge in [-0.15, -0.1) is 0 Å². The summed E-state index contributed by atoms with van der Waals surface area (Å²) in [6.07, 6.45) is 0. The Hall–Kier alpha value is -2.07. The van der Waals surface area contributed by atoms with Crippen molar-refractivity contribution in [1.29, 1.82) is 0 Å². The van der Waals surface area contributed by atoms with Crippen molar-refractivity contribution in [2.45, 2.75) is 13.2 Å². The minimum atomic E-state index is -0.287. The molecule has 0 radical (unpaired) electrons. The molecule has 3 nitrogen and oxygen atoms in total. The first-order chi connectivity index (χ1) is 9.22. The molecule has 0 saturated heterocycles. The lowest BCUT2D eigenvalue weighted by atomic mass is 10.1. The zero-order valence-electron chi connectivity index (χ0n) is 10.7. The monoisotopic (exact) mass is 261 g/mol. The average molecular weight is 261 g/mol. The molecule has 0 saturated carbocycles. The second-order valence-electron chi connectivity index (χ2n) is 4.08. The van der Waals surface area contributed by atoms with E-state index in [2.05, 4.69) is 0 Å². The Labute approximate surface area is 111 Å². The van der Waals surface area contributed by atoms with Gasteiger partial charge in [0.25, 0.3) is 0 Å². The third-order valence-electron chi connectivity index (χ3n) is 2.84. The van der Waals surface area contributed by atoms with Gasteiger partial charge in [0.05, 0.1) is 7.11 Å². The summed E-state index contributed by atoms with van der Waals surface area (Å²) in [7, 11) is 1.61. The molecule has 2 N–H and O–H groups in total. The van der Waals surface area contributed by atoms with Crippen molar-refractivity contribution in [3.05, 3.63) is 59.4 Å². The molecule has 0 amide bonds. The van der Waals surface area contributed by atoms with Crippen molar-refractivity contribution in [2.75, 3.05) is 7.11 Å². The summed E-state index contributed by atoms with van der Waals surface area (Å²) in [4.78, 5) is 0. The normalized spacial score (nSPS) is 10.3. The van der Waals surface area contributed by atoms with Gasteiger partial charge in [0.1, 0.15) is 23.9 Å². The molecule has 2 aromatic rings. The Balaban J connectivity index is 2.07. The number of halogens is 1. The number of benzene rings is 2. The molecule has 0 bridgehead atoms. The zero-order chi connectivity index (χ0) is 13.7. The summed E-state index contributed by atoms with van der Waals surface area (Å²) in [5.41, 5.74) is 7.26. The van der Waals surface area contributed by atoms with E-state index in [0.717, 1.165) is 16.9 Å². The summed E-state index contributed by atoms with van der Waals surface area (Å²) in [5.74, 6) is 1.18. The van der Waals surface area contributed by atoms with E-state index in [9.17, 15) is 4.39 Å². The molecule has 2 rings (SSSR count). The van der Waals surface area contributed by atoms with Gasteiger partial charge in [-0.25, -0.2) is 4.39 Å². The van der Waals surface area contributed by atoms with Gasteiger partial charge in [-0.3, -0.25) is 0 Å². The fraction of sp³-hybridized carbons (Fsp3) is 0.200. The predicted molar refractivity (Wildman–Crippen MR) is 71.6 cm³/mol. The molecular weight excluding hydrogens is 245 g/mol. The number of ether oxygens (including phenoxy) is 2. The topological polar surface area (TPSA) is 44.5 Å². The first-order valence-electron chi connectivity index (χ1n) is 5.97. The van der Waals surface area contributed by atoms with Gasteiger partial charge in [-0.2, -0.15) is 0 Å². The highest BCUT2D eigenvalue weighted by Gasteiger charge is 2.04. The highest BCUT2D eigenvalue weighted by molar-refractivity contribution is 5.32. The van der Waals surface area contributed by atoms with Gasteiger partial charge >= 0.3 is 0 Å². The average Bonchev–Trinajstić information content (AvgIpc) is 2.46. The molecule has 2 aromatic carbocycles. The minimum Gasteiger partial charge on any atom is -0.497 e. The van der Waals surface area contributed by atoms with Gasteiger partial charge in [-0.1, -0.05) is 6.07 Å². The minimum absolute atomic E-state index is 0.287. The molecule has 0 unspecified atom stereocenters. The Bertz CT molecular complexity index is 540. The molecule has 0 fully saturated rings. The smallest absolute Gasteiger partial charge is 0.123 e. The lowest BCUT2D eigenvalue weighted by Gasteiger charge is -2.10. The maximum absolute atomic E-state index is 13.2. The first-order valence-corrected chi connectivity index (χ1v) is 5.97. The first kappa shape index (κ1) is 13.4. The van der Waals surface area contributed by atoms with Crippen molar-refractivity contribution in [2.24, 2.45) is 5.73 Å². The van der Waals surface area contributed by atoms with E-state index >= 15 is 0 Å². The molecule has 4 heteroatoms. The van der Waals surface area contributed by atoms with Crippen LogP contribution in [0, 0.1) is 5.82 Å². The number of hydrogen-bond acceptors (Lipinski definition) is 3.